The Bertz CT molecular complexity index is 1180. The van der Waals surface area contributed by atoms with Crippen LogP contribution in [0, 0.1) is 5.82 Å². The van der Waals surface area contributed by atoms with E-state index in [-0.39, 0.29) is 22.9 Å². The van der Waals surface area contributed by atoms with Crippen LogP contribution >= 0.6 is 11.6 Å². The molecule has 1 aromatic heterocycles. The first-order chi connectivity index (χ1) is 16.3. The predicted octanol–water partition coefficient (Wildman–Crippen LogP) is 2.40. The Labute approximate surface area is 201 Å². The Morgan fingerprint density at radius 1 is 1.15 bits per heavy atom. The first-order valence-electron chi connectivity index (χ1n) is 10.9. The van der Waals surface area contributed by atoms with Crippen LogP contribution in [0.1, 0.15) is 24.2 Å². The molecule has 1 atom stereocenters. The molecule has 0 spiro atoms. The van der Waals surface area contributed by atoms with Crippen molar-refractivity contribution in [1.29, 1.82) is 0 Å². The van der Waals surface area contributed by atoms with E-state index in [0.717, 1.165) is 13.1 Å². The van der Waals surface area contributed by atoms with Crippen LogP contribution in [0.4, 0.5) is 4.39 Å². The van der Waals surface area contributed by atoms with E-state index >= 15 is 0 Å². The normalized spacial score (nSPS) is 15.2. The van der Waals surface area contributed by atoms with Gasteiger partial charge in [0.25, 0.3) is 5.91 Å². The van der Waals surface area contributed by atoms with E-state index in [9.17, 15) is 14.0 Å². The monoisotopic (exact) mass is 485 g/mol. The van der Waals surface area contributed by atoms with Gasteiger partial charge < -0.3 is 10.2 Å². The number of hydrogen-bond donors (Lipinski definition) is 1. The van der Waals surface area contributed by atoms with Crippen molar-refractivity contribution in [2.45, 2.75) is 19.9 Å². The molecule has 34 heavy (non-hydrogen) atoms. The van der Waals surface area contributed by atoms with Crippen LogP contribution in [0.5, 0.6) is 0 Å². The maximum absolute atomic E-state index is 13.6. The summed E-state index contributed by atoms with van der Waals surface area (Å²) < 4.78 is 15.0. The minimum atomic E-state index is -0.443. The molecule has 1 fully saturated rings. The molecule has 9 nitrogen and oxygen atoms in total. The highest BCUT2D eigenvalue weighted by Gasteiger charge is 2.21. The number of piperazine rings is 1. The van der Waals surface area contributed by atoms with Gasteiger partial charge in [-0.25, -0.2) is 9.07 Å². The fraction of sp³-hybridized carbons (Fsp3) is 0.348. The molecule has 0 unspecified atom stereocenters. The molecule has 0 radical (unpaired) electrons. The lowest BCUT2D eigenvalue weighted by Crippen LogP contribution is -2.51. The van der Waals surface area contributed by atoms with Crippen LogP contribution in [0.3, 0.4) is 0 Å². The van der Waals surface area contributed by atoms with Gasteiger partial charge in [0.15, 0.2) is 0 Å². The lowest BCUT2D eigenvalue weighted by Gasteiger charge is -2.35. The summed E-state index contributed by atoms with van der Waals surface area (Å²) in [5.41, 5.74) is 2.19. The Morgan fingerprint density at radius 3 is 2.56 bits per heavy atom. The third-order valence-electron chi connectivity index (χ3n) is 5.76. The minimum Gasteiger partial charge on any atom is -0.348 e. The summed E-state index contributed by atoms with van der Waals surface area (Å²) in [4.78, 5) is 28.7. The van der Waals surface area contributed by atoms with Gasteiger partial charge in [0, 0.05) is 56.8 Å². The van der Waals surface area contributed by atoms with E-state index in [0.29, 0.717) is 42.0 Å². The molecule has 1 aliphatic heterocycles. The van der Waals surface area contributed by atoms with Crippen molar-refractivity contribution in [3.63, 3.8) is 0 Å². The smallest absolute Gasteiger partial charge is 0.251 e. The highest BCUT2D eigenvalue weighted by atomic mass is 35.5. The highest BCUT2D eigenvalue weighted by Crippen LogP contribution is 2.31. The fourth-order valence-electron chi connectivity index (χ4n) is 4.02. The molecule has 1 N–H and O–H groups in total. The topological polar surface area (TPSA) is 96.2 Å². The van der Waals surface area contributed by atoms with E-state index in [4.69, 9.17) is 11.6 Å². The number of carbonyl (C=O) groups is 2. The van der Waals surface area contributed by atoms with E-state index in [1.807, 2.05) is 11.8 Å². The molecule has 1 aliphatic rings. The lowest BCUT2D eigenvalue weighted by molar-refractivity contribution is -0.130. The Balaban J connectivity index is 1.52. The molecule has 0 aliphatic carbocycles. The van der Waals surface area contributed by atoms with Crippen LogP contribution in [0.2, 0.25) is 5.02 Å². The van der Waals surface area contributed by atoms with Gasteiger partial charge in [-0.2, -0.15) is 0 Å². The molecule has 0 bridgehead atoms. The van der Waals surface area contributed by atoms with E-state index < -0.39 is 5.82 Å². The van der Waals surface area contributed by atoms with Gasteiger partial charge >= 0.3 is 0 Å². The molecule has 4 rings (SSSR count). The van der Waals surface area contributed by atoms with E-state index in [2.05, 4.69) is 25.7 Å². The van der Waals surface area contributed by atoms with Crippen molar-refractivity contribution in [2.75, 3.05) is 32.7 Å². The van der Waals surface area contributed by atoms with Gasteiger partial charge in [-0.3, -0.25) is 14.5 Å². The van der Waals surface area contributed by atoms with Crippen molar-refractivity contribution < 1.29 is 14.0 Å². The number of hydrogen-bond acceptors (Lipinski definition) is 6. The van der Waals surface area contributed by atoms with E-state index in [1.165, 1.54) is 23.1 Å². The second kappa shape index (κ2) is 10.3. The van der Waals surface area contributed by atoms with E-state index in [1.54, 1.807) is 31.2 Å². The minimum absolute atomic E-state index is 0.0838. The van der Waals surface area contributed by atoms with Crippen molar-refractivity contribution in [3.05, 3.63) is 59.1 Å². The first kappa shape index (κ1) is 23.8. The standard InChI is InChI=1S/C23H25ClFN7O2/c1-15(13-30-5-7-31(8-6-30)16(2)33)27-23(34)18-9-17(21-4-3-19(25)12-22(21)24)10-20(11-18)32-14-26-28-29-32/h3-4,9-12,14-15H,5-8,13H2,1-2H3,(H,27,34)/t15-/m1/s1. The third-order valence-corrected chi connectivity index (χ3v) is 6.08. The zero-order valence-electron chi connectivity index (χ0n) is 18.9. The zero-order valence-corrected chi connectivity index (χ0v) is 19.7. The molecule has 0 saturated carbocycles. The molecule has 2 aromatic carbocycles. The molecule has 3 aromatic rings. The molecule has 1 saturated heterocycles. The maximum Gasteiger partial charge on any atom is 0.251 e. The van der Waals surface area contributed by atoms with Gasteiger partial charge in [0.2, 0.25) is 5.91 Å². The van der Waals surface area contributed by atoms with Crippen LogP contribution in [-0.2, 0) is 4.79 Å². The zero-order chi connectivity index (χ0) is 24.2. The number of benzene rings is 2. The van der Waals surface area contributed by atoms with Gasteiger partial charge in [-0.1, -0.05) is 11.6 Å². The predicted molar refractivity (Wildman–Crippen MR) is 125 cm³/mol. The van der Waals surface area contributed by atoms with Crippen LogP contribution in [0.25, 0.3) is 16.8 Å². The third kappa shape index (κ3) is 5.57. The van der Waals surface area contributed by atoms with Gasteiger partial charge in [-0.15, -0.1) is 5.10 Å². The number of nitrogens with zero attached hydrogens (tertiary/aromatic N) is 6. The average Bonchev–Trinajstić information content (AvgIpc) is 3.34. The number of halogens is 2. The number of carbonyl (C=O) groups excluding carboxylic acids is 2. The quantitative estimate of drug-likeness (QED) is 0.576. The van der Waals surface area contributed by atoms with Crippen molar-refractivity contribution >= 4 is 23.4 Å². The Morgan fingerprint density at radius 2 is 1.91 bits per heavy atom. The van der Waals surface area contributed by atoms with Crippen molar-refractivity contribution in [3.8, 4) is 16.8 Å². The summed E-state index contributed by atoms with van der Waals surface area (Å²) in [6.07, 6.45) is 1.43. The number of rotatable bonds is 6. The second-order valence-corrected chi connectivity index (χ2v) is 8.74. The summed E-state index contributed by atoms with van der Waals surface area (Å²) in [5, 5.41) is 14.5. The SMILES string of the molecule is CC(=O)N1CCN(C[C@@H](C)NC(=O)c2cc(-c3ccc(F)cc3Cl)cc(-n3cnnn3)c2)CC1. The van der Waals surface area contributed by atoms with Gasteiger partial charge in [0.05, 0.1) is 10.7 Å². The van der Waals surface area contributed by atoms with Gasteiger partial charge in [-0.05, 0) is 59.3 Å². The highest BCUT2D eigenvalue weighted by molar-refractivity contribution is 6.33. The fourth-order valence-corrected chi connectivity index (χ4v) is 4.29. The molecule has 2 heterocycles. The van der Waals surface area contributed by atoms with Crippen molar-refractivity contribution in [1.82, 2.24) is 35.3 Å². The molecule has 2 amide bonds. The number of nitrogens with one attached hydrogen (secondary N) is 1. The molecule has 11 heteroatoms. The number of amides is 2. The summed E-state index contributed by atoms with van der Waals surface area (Å²) in [6.45, 7) is 7.09. The molecular weight excluding hydrogens is 461 g/mol. The van der Waals surface area contributed by atoms with Crippen LogP contribution in [-0.4, -0.2) is 80.6 Å². The summed E-state index contributed by atoms with van der Waals surface area (Å²) in [7, 11) is 0. The van der Waals surface area contributed by atoms with Crippen LogP contribution in [0.15, 0.2) is 42.7 Å². The molecule has 178 valence electrons. The van der Waals surface area contributed by atoms with Crippen LogP contribution < -0.4 is 5.32 Å². The van der Waals surface area contributed by atoms with Crippen molar-refractivity contribution in [2.24, 2.45) is 0 Å². The summed E-state index contributed by atoms with van der Waals surface area (Å²) in [5.74, 6) is -0.619. The number of aromatic nitrogens is 4. The first-order valence-corrected chi connectivity index (χ1v) is 11.3. The average molecular weight is 486 g/mol. The Kier molecular flexibility index (Phi) is 7.18. The maximum atomic E-state index is 13.6. The summed E-state index contributed by atoms with van der Waals surface area (Å²) >= 11 is 6.28. The lowest BCUT2D eigenvalue weighted by atomic mass is 10.0. The Hall–Kier alpha value is -3.37. The molecular formula is C23H25ClFN7O2. The summed E-state index contributed by atoms with van der Waals surface area (Å²) in [6, 6.07) is 9.18. The number of tetrazole rings is 1. The van der Waals surface area contributed by atoms with Gasteiger partial charge in [0.1, 0.15) is 12.1 Å². The second-order valence-electron chi connectivity index (χ2n) is 8.33. The largest absolute Gasteiger partial charge is 0.348 e.